The molecule has 1 aliphatic heterocycles. The normalized spacial score (nSPS) is 19.9. The molecule has 0 aromatic heterocycles. The van der Waals surface area contributed by atoms with E-state index in [4.69, 9.17) is 0 Å². The smallest absolute Gasteiger partial charge is 0.211 e. The maximum atomic E-state index is 11.8. The van der Waals surface area contributed by atoms with E-state index >= 15 is 0 Å². The molecule has 1 unspecified atom stereocenters. The zero-order chi connectivity index (χ0) is 13.4. The third-order valence-corrected chi connectivity index (χ3v) is 4.79. The molecular weight excluding hydrogens is 250 g/mol. The first-order valence-electron chi connectivity index (χ1n) is 6.90. The van der Waals surface area contributed by atoms with Gasteiger partial charge in [0.05, 0.1) is 5.75 Å². The number of sulfonamides is 1. The van der Waals surface area contributed by atoms with Crippen molar-refractivity contribution in [2.45, 2.75) is 38.6 Å². The molecule has 1 aliphatic rings. The Hall–Kier alpha value is -0.170. The molecular formula is C12H27N3O2S. The monoisotopic (exact) mass is 277 g/mol. The van der Waals surface area contributed by atoms with Crippen LogP contribution < -0.4 is 10.0 Å². The van der Waals surface area contributed by atoms with Gasteiger partial charge in [0.25, 0.3) is 0 Å². The van der Waals surface area contributed by atoms with E-state index in [0.29, 0.717) is 6.42 Å². The molecule has 0 spiro atoms. The van der Waals surface area contributed by atoms with Crippen molar-refractivity contribution in [1.29, 1.82) is 0 Å². The molecule has 108 valence electrons. The van der Waals surface area contributed by atoms with Gasteiger partial charge in [0.15, 0.2) is 0 Å². The summed E-state index contributed by atoms with van der Waals surface area (Å²) in [6.45, 7) is 5.72. The second-order valence-corrected chi connectivity index (χ2v) is 7.03. The lowest BCUT2D eigenvalue weighted by atomic mass is 10.1. The maximum Gasteiger partial charge on any atom is 0.211 e. The van der Waals surface area contributed by atoms with Crippen molar-refractivity contribution < 1.29 is 8.42 Å². The van der Waals surface area contributed by atoms with Crippen LogP contribution in [-0.4, -0.2) is 58.3 Å². The molecule has 0 aliphatic carbocycles. The van der Waals surface area contributed by atoms with Crippen molar-refractivity contribution in [1.82, 2.24) is 14.9 Å². The van der Waals surface area contributed by atoms with Gasteiger partial charge in [-0.05, 0) is 52.9 Å². The molecule has 1 heterocycles. The quantitative estimate of drug-likeness (QED) is 0.630. The minimum Gasteiger partial charge on any atom is -0.320 e. The van der Waals surface area contributed by atoms with Crippen LogP contribution in [0.4, 0.5) is 0 Å². The number of piperidine rings is 1. The van der Waals surface area contributed by atoms with E-state index in [1.807, 2.05) is 14.0 Å². The van der Waals surface area contributed by atoms with Crippen LogP contribution in [0.3, 0.4) is 0 Å². The summed E-state index contributed by atoms with van der Waals surface area (Å²) in [7, 11) is -1.29. The number of hydrogen-bond donors (Lipinski definition) is 2. The zero-order valence-electron chi connectivity index (χ0n) is 11.6. The minimum atomic E-state index is -3.12. The molecule has 18 heavy (non-hydrogen) atoms. The molecule has 0 aromatic rings. The Morgan fingerprint density at radius 3 is 2.50 bits per heavy atom. The Morgan fingerprint density at radius 2 is 1.89 bits per heavy atom. The highest BCUT2D eigenvalue weighted by Crippen LogP contribution is 2.09. The number of likely N-dealkylation sites (tertiary alicyclic amines) is 1. The largest absolute Gasteiger partial charge is 0.320 e. The van der Waals surface area contributed by atoms with Gasteiger partial charge in [-0.25, -0.2) is 13.1 Å². The van der Waals surface area contributed by atoms with Gasteiger partial charge in [-0.1, -0.05) is 6.42 Å². The summed E-state index contributed by atoms with van der Waals surface area (Å²) in [6, 6.07) is 0.00249. The van der Waals surface area contributed by atoms with Crippen molar-refractivity contribution in [3.05, 3.63) is 0 Å². The van der Waals surface area contributed by atoms with Crippen molar-refractivity contribution >= 4 is 10.0 Å². The van der Waals surface area contributed by atoms with Gasteiger partial charge < -0.3 is 10.2 Å². The van der Waals surface area contributed by atoms with Gasteiger partial charge in [0.2, 0.25) is 10.0 Å². The highest BCUT2D eigenvalue weighted by atomic mass is 32.2. The van der Waals surface area contributed by atoms with Crippen LogP contribution in [0.25, 0.3) is 0 Å². The first kappa shape index (κ1) is 15.9. The number of hydrogen-bond acceptors (Lipinski definition) is 4. The van der Waals surface area contributed by atoms with Crippen LogP contribution >= 0.6 is 0 Å². The van der Waals surface area contributed by atoms with Crippen LogP contribution in [0.15, 0.2) is 0 Å². The Morgan fingerprint density at radius 1 is 1.22 bits per heavy atom. The van der Waals surface area contributed by atoms with E-state index in [2.05, 4.69) is 14.9 Å². The summed E-state index contributed by atoms with van der Waals surface area (Å²) in [5.41, 5.74) is 0. The van der Waals surface area contributed by atoms with Crippen LogP contribution in [-0.2, 0) is 10.0 Å². The van der Waals surface area contributed by atoms with E-state index in [9.17, 15) is 8.42 Å². The molecule has 0 saturated carbocycles. The minimum absolute atomic E-state index is 0.00249. The SMILES string of the molecule is CNCCCS(=O)(=O)NC(C)CN1CCCCC1. The van der Waals surface area contributed by atoms with Crippen molar-refractivity contribution in [3.63, 3.8) is 0 Å². The highest BCUT2D eigenvalue weighted by molar-refractivity contribution is 7.89. The summed E-state index contributed by atoms with van der Waals surface area (Å²) in [4.78, 5) is 2.35. The first-order chi connectivity index (χ1) is 8.53. The molecule has 1 atom stereocenters. The van der Waals surface area contributed by atoms with E-state index in [-0.39, 0.29) is 11.8 Å². The van der Waals surface area contributed by atoms with E-state index in [0.717, 1.165) is 26.2 Å². The van der Waals surface area contributed by atoms with Crippen LogP contribution in [0.5, 0.6) is 0 Å². The molecule has 0 radical (unpaired) electrons. The fourth-order valence-electron chi connectivity index (χ4n) is 2.37. The average Bonchev–Trinajstić information content (AvgIpc) is 2.29. The van der Waals surface area contributed by atoms with Crippen LogP contribution in [0.2, 0.25) is 0 Å². The van der Waals surface area contributed by atoms with Gasteiger partial charge in [-0.3, -0.25) is 0 Å². The second kappa shape index (κ2) is 8.09. The topological polar surface area (TPSA) is 61.4 Å². The summed E-state index contributed by atoms with van der Waals surface area (Å²) in [5, 5.41) is 2.96. The molecule has 0 amide bonds. The highest BCUT2D eigenvalue weighted by Gasteiger charge is 2.17. The van der Waals surface area contributed by atoms with E-state index in [1.54, 1.807) is 0 Å². The van der Waals surface area contributed by atoms with Gasteiger partial charge in [0, 0.05) is 12.6 Å². The molecule has 5 nitrogen and oxygen atoms in total. The molecule has 0 bridgehead atoms. The van der Waals surface area contributed by atoms with Crippen molar-refractivity contribution in [2.24, 2.45) is 0 Å². The molecule has 0 aromatic carbocycles. The van der Waals surface area contributed by atoms with Crippen molar-refractivity contribution in [2.75, 3.05) is 39.0 Å². The number of nitrogens with zero attached hydrogens (tertiary/aromatic N) is 1. The Balaban J connectivity index is 2.26. The summed E-state index contributed by atoms with van der Waals surface area (Å²) < 4.78 is 26.4. The molecule has 2 N–H and O–H groups in total. The standard InChI is InChI=1S/C12H27N3O2S/c1-12(11-15-8-4-3-5-9-15)14-18(16,17)10-6-7-13-2/h12-14H,3-11H2,1-2H3. The fraction of sp³-hybridized carbons (Fsp3) is 1.00. The average molecular weight is 277 g/mol. The van der Waals surface area contributed by atoms with E-state index < -0.39 is 10.0 Å². The summed E-state index contributed by atoms with van der Waals surface area (Å²) in [5.74, 6) is 0.207. The first-order valence-corrected chi connectivity index (χ1v) is 8.55. The van der Waals surface area contributed by atoms with E-state index in [1.165, 1.54) is 19.3 Å². The Bertz CT molecular complexity index is 313. The molecule has 6 heteroatoms. The lowest BCUT2D eigenvalue weighted by Crippen LogP contribution is -2.44. The lowest BCUT2D eigenvalue weighted by Gasteiger charge is -2.29. The third-order valence-electron chi connectivity index (χ3n) is 3.20. The van der Waals surface area contributed by atoms with Gasteiger partial charge in [-0.2, -0.15) is 0 Å². The van der Waals surface area contributed by atoms with Gasteiger partial charge in [0.1, 0.15) is 0 Å². The van der Waals surface area contributed by atoms with Gasteiger partial charge >= 0.3 is 0 Å². The molecule has 1 rings (SSSR count). The van der Waals surface area contributed by atoms with Crippen LogP contribution in [0, 0.1) is 0 Å². The predicted molar refractivity (Wildman–Crippen MR) is 75.2 cm³/mol. The zero-order valence-corrected chi connectivity index (χ0v) is 12.4. The predicted octanol–water partition coefficient (Wildman–Crippen LogP) is 0.390. The maximum absolute atomic E-state index is 11.8. The number of rotatable bonds is 8. The third kappa shape index (κ3) is 6.68. The lowest BCUT2D eigenvalue weighted by molar-refractivity contribution is 0.215. The summed E-state index contributed by atoms with van der Waals surface area (Å²) in [6.07, 6.45) is 4.44. The summed E-state index contributed by atoms with van der Waals surface area (Å²) >= 11 is 0. The van der Waals surface area contributed by atoms with Gasteiger partial charge in [-0.15, -0.1) is 0 Å². The van der Waals surface area contributed by atoms with Crippen molar-refractivity contribution in [3.8, 4) is 0 Å². The Kier molecular flexibility index (Phi) is 7.14. The second-order valence-electron chi connectivity index (χ2n) is 5.16. The fourth-order valence-corrected chi connectivity index (χ4v) is 3.70. The Labute approximate surface area is 111 Å². The van der Waals surface area contributed by atoms with Crippen LogP contribution in [0.1, 0.15) is 32.6 Å². The molecule has 1 saturated heterocycles. The molecule has 1 fully saturated rings. The number of nitrogens with one attached hydrogen (secondary N) is 2.